The second-order valence-corrected chi connectivity index (χ2v) is 11.6. The Bertz CT molecular complexity index is 546. The van der Waals surface area contributed by atoms with E-state index in [0.29, 0.717) is 12.0 Å². The minimum absolute atomic E-state index is 0.0460. The molecule has 1 saturated heterocycles. The van der Waals surface area contributed by atoms with Crippen molar-refractivity contribution in [3.8, 4) is 0 Å². The average molecular weight is 367 g/mol. The van der Waals surface area contributed by atoms with Crippen molar-refractivity contribution in [2.45, 2.75) is 65.0 Å². The summed E-state index contributed by atoms with van der Waals surface area (Å²) in [6.07, 6.45) is 1.36. The van der Waals surface area contributed by atoms with Crippen LogP contribution in [0.5, 0.6) is 0 Å². The second-order valence-electron chi connectivity index (χ2n) is 8.47. The van der Waals surface area contributed by atoms with Crippen LogP contribution in [0.15, 0.2) is 18.2 Å². The molecular weight excluding hydrogens is 334 g/mol. The molecule has 2 rings (SSSR count). The zero-order chi connectivity index (χ0) is 17.9. The number of ether oxygens (including phenoxy) is 1. The molecule has 1 aromatic rings. The van der Waals surface area contributed by atoms with Crippen LogP contribution in [-0.4, -0.2) is 45.0 Å². The van der Waals surface area contributed by atoms with Gasteiger partial charge in [-0.1, -0.05) is 49.8 Å². The number of halogens is 1. The zero-order valence-corrected chi connectivity index (χ0v) is 17.9. The summed E-state index contributed by atoms with van der Waals surface area (Å²) in [4.78, 5) is 2.55. The van der Waals surface area contributed by atoms with Gasteiger partial charge in [-0.05, 0) is 50.3 Å². The average Bonchev–Trinajstić information content (AvgIpc) is 2.40. The van der Waals surface area contributed by atoms with Crippen LogP contribution in [-0.2, 0) is 17.2 Å². The molecule has 1 aliphatic heterocycles. The molecule has 1 aliphatic rings. The highest BCUT2D eigenvalue weighted by Crippen LogP contribution is 2.26. The lowest BCUT2D eigenvalue weighted by Gasteiger charge is -2.42. The van der Waals surface area contributed by atoms with Crippen molar-refractivity contribution in [1.82, 2.24) is 4.90 Å². The summed E-state index contributed by atoms with van der Waals surface area (Å²) in [6, 6.07) is 7.72. The monoisotopic (exact) mass is 366 g/mol. The lowest BCUT2D eigenvalue weighted by molar-refractivity contribution is -0.130. The van der Waals surface area contributed by atoms with Gasteiger partial charge in [-0.25, -0.2) is 0 Å². The van der Waals surface area contributed by atoms with Crippen LogP contribution in [0.1, 0.15) is 38.8 Å². The number of morpholine rings is 1. The van der Waals surface area contributed by atoms with Gasteiger partial charge in [0.05, 0.1) is 11.7 Å². The number of benzene rings is 1. The van der Waals surface area contributed by atoms with Crippen LogP contribution in [0.2, 0.25) is 18.1 Å². The van der Waals surface area contributed by atoms with E-state index >= 15 is 0 Å². The molecule has 0 spiro atoms. The maximum atomic E-state index is 6.69. The molecule has 1 fully saturated rings. The van der Waals surface area contributed by atoms with E-state index in [0.717, 1.165) is 37.1 Å². The highest BCUT2D eigenvalue weighted by atomic mass is 35.5. The van der Waals surface area contributed by atoms with E-state index in [2.05, 4.69) is 63.9 Å². The Balaban J connectivity index is 1.98. The highest BCUT2D eigenvalue weighted by Gasteiger charge is 2.31. The topological polar surface area (TPSA) is 12.5 Å². The van der Waals surface area contributed by atoms with E-state index in [9.17, 15) is 0 Å². The molecule has 24 heavy (non-hydrogen) atoms. The maximum absolute atomic E-state index is 6.69. The molecule has 4 heteroatoms. The Morgan fingerprint density at radius 3 is 2.62 bits per heavy atom. The third-order valence-electron chi connectivity index (χ3n) is 4.48. The quantitative estimate of drug-likeness (QED) is 0.667. The smallest absolute Gasteiger partial charge is 0.0757 e. The second kappa shape index (κ2) is 8.35. The molecule has 0 amide bonds. The maximum Gasteiger partial charge on any atom is 0.0757 e. The van der Waals surface area contributed by atoms with Crippen LogP contribution < -0.4 is 0 Å². The van der Waals surface area contributed by atoms with E-state index < -0.39 is 0 Å². The first-order valence-corrected chi connectivity index (χ1v) is 12.2. The van der Waals surface area contributed by atoms with Gasteiger partial charge in [0.15, 0.2) is 0 Å². The molecule has 2 nitrogen and oxygen atoms in total. The molecule has 1 heterocycles. The molecule has 1 aromatic carbocycles. The molecule has 0 aliphatic carbocycles. The Morgan fingerprint density at radius 2 is 2.00 bits per heavy atom. The normalized spacial score (nSPS) is 22.8. The fourth-order valence-electron chi connectivity index (χ4n) is 3.91. The lowest BCUT2D eigenvalue weighted by atomic mass is 9.97. The van der Waals surface area contributed by atoms with Crippen molar-refractivity contribution in [2.75, 3.05) is 19.6 Å². The van der Waals surface area contributed by atoms with Gasteiger partial charge in [-0.2, -0.15) is 0 Å². The summed E-state index contributed by atoms with van der Waals surface area (Å²) in [5.41, 5.74) is 2.60. The summed E-state index contributed by atoms with van der Waals surface area (Å²) in [5, 5.41) is 1.01. The lowest BCUT2D eigenvalue weighted by Crippen LogP contribution is -2.52. The van der Waals surface area contributed by atoms with E-state index in [4.69, 9.17) is 16.3 Å². The van der Waals surface area contributed by atoms with Gasteiger partial charge in [0.2, 0.25) is 0 Å². The first-order valence-electron chi connectivity index (χ1n) is 9.12. The van der Waals surface area contributed by atoms with Gasteiger partial charge >= 0.3 is 0 Å². The summed E-state index contributed by atoms with van der Waals surface area (Å²) in [7, 11) is -0.301. The predicted molar refractivity (Wildman–Crippen MR) is 107 cm³/mol. The van der Waals surface area contributed by atoms with Crippen LogP contribution >= 0.6 is 11.6 Å². The van der Waals surface area contributed by atoms with Crippen molar-refractivity contribution < 1.29 is 4.74 Å². The van der Waals surface area contributed by atoms with Gasteiger partial charge in [0.1, 0.15) is 0 Å². The van der Waals surface area contributed by atoms with Crippen molar-refractivity contribution in [3.05, 3.63) is 34.3 Å². The molecule has 2 unspecified atom stereocenters. The van der Waals surface area contributed by atoms with E-state index in [1.54, 1.807) is 0 Å². The first-order chi connectivity index (χ1) is 11.2. The van der Waals surface area contributed by atoms with E-state index in [1.807, 2.05) is 0 Å². The van der Waals surface area contributed by atoms with Crippen LogP contribution in [0.4, 0.5) is 0 Å². The molecule has 1 radical (unpaired) electrons. The van der Waals surface area contributed by atoms with Crippen LogP contribution in [0.3, 0.4) is 0 Å². The fraction of sp³-hybridized carbons (Fsp3) is 0.700. The molecule has 0 saturated carbocycles. The highest BCUT2D eigenvalue weighted by molar-refractivity contribution is 6.55. The third kappa shape index (κ3) is 5.87. The zero-order valence-electron chi connectivity index (χ0n) is 16.2. The number of nitrogens with zero attached hydrogens (tertiary/aromatic N) is 1. The minimum Gasteiger partial charge on any atom is -0.370 e. The standard InChI is InChI=1S/C20H33ClNOSi/c1-15(11-22-12-16(2)23-20(3,4)14-22)10-17-8-7-9-18(19(17)21)13-24(5)6/h7-9,15-16H,10-14H2,1-6H3. The summed E-state index contributed by atoms with van der Waals surface area (Å²) >= 11 is 6.69. The SMILES string of the molecule is CC(Cc1cccc(C[Si](C)C)c1Cl)CN1CC(C)OC(C)(C)C1. The van der Waals surface area contributed by atoms with Crippen molar-refractivity contribution in [2.24, 2.45) is 5.92 Å². The number of hydrogen-bond donors (Lipinski definition) is 0. The first kappa shape index (κ1) is 20.0. The van der Waals surface area contributed by atoms with E-state index in [1.165, 1.54) is 11.1 Å². The molecule has 0 bridgehead atoms. The minimum atomic E-state index is -0.301. The van der Waals surface area contributed by atoms with E-state index in [-0.39, 0.29) is 14.4 Å². The molecular formula is C20H33ClNOSi. The Labute approximate surface area is 155 Å². The van der Waals surface area contributed by atoms with Gasteiger partial charge in [0, 0.05) is 33.5 Å². The van der Waals surface area contributed by atoms with Gasteiger partial charge in [-0.3, -0.25) is 4.90 Å². The van der Waals surface area contributed by atoms with Crippen molar-refractivity contribution in [1.29, 1.82) is 0 Å². The summed E-state index contributed by atoms with van der Waals surface area (Å²) in [6.45, 7) is 16.7. The van der Waals surface area contributed by atoms with Crippen molar-refractivity contribution >= 4 is 20.4 Å². The largest absolute Gasteiger partial charge is 0.370 e. The van der Waals surface area contributed by atoms with Crippen molar-refractivity contribution in [3.63, 3.8) is 0 Å². The summed E-state index contributed by atoms with van der Waals surface area (Å²) < 4.78 is 6.02. The van der Waals surface area contributed by atoms with Crippen LogP contribution in [0, 0.1) is 5.92 Å². The molecule has 0 aromatic heterocycles. The number of rotatable bonds is 6. The van der Waals surface area contributed by atoms with Gasteiger partial charge in [0.25, 0.3) is 0 Å². The fourth-order valence-corrected chi connectivity index (χ4v) is 5.35. The molecule has 135 valence electrons. The molecule has 0 N–H and O–H groups in total. The van der Waals surface area contributed by atoms with Crippen LogP contribution in [0.25, 0.3) is 0 Å². The Hall–Kier alpha value is -0.353. The Morgan fingerprint density at radius 1 is 1.33 bits per heavy atom. The predicted octanol–water partition coefficient (Wildman–Crippen LogP) is 4.85. The Kier molecular flexibility index (Phi) is 6.95. The molecule has 2 atom stereocenters. The third-order valence-corrected chi connectivity index (χ3v) is 6.05. The van der Waals surface area contributed by atoms with Gasteiger partial charge in [-0.15, -0.1) is 0 Å². The number of hydrogen-bond acceptors (Lipinski definition) is 2. The summed E-state index contributed by atoms with van der Waals surface area (Å²) in [5.74, 6) is 0.590. The van der Waals surface area contributed by atoms with Gasteiger partial charge < -0.3 is 4.74 Å².